The summed E-state index contributed by atoms with van der Waals surface area (Å²) in [5.41, 5.74) is 1.17. The topological polar surface area (TPSA) is 70.7 Å². The van der Waals surface area contributed by atoms with E-state index >= 15 is 0 Å². The molecule has 0 bridgehead atoms. The van der Waals surface area contributed by atoms with Crippen LogP contribution in [0.1, 0.15) is 5.56 Å². The third kappa shape index (κ3) is 5.15. The second-order valence-electron chi connectivity index (χ2n) is 6.05. The quantitative estimate of drug-likeness (QED) is 0.750. The fourth-order valence-corrected chi connectivity index (χ4v) is 3.93. The predicted molar refractivity (Wildman–Crippen MR) is 98.6 cm³/mol. The largest absolute Gasteiger partial charge is 0.434 e. The highest BCUT2D eigenvalue weighted by molar-refractivity contribution is 7.89. The van der Waals surface area contributed by atoms with Crippen molar-refractivity contribution in [2.24, 2.45) is 0 Å². The lowest BCUT2D eigenvalue weighted by Gasteiger charge is -2.29. The van der Waals surface area contributed by atoms with Gasteiger partial charge in [-0.1, -0.05) is 24.3 Å². The smallest absolute Gasteiger partial charge is 0.387 e. The minimum Gasteiger partial charge on any atom is -0.434 e. The van der Waals surface area contributed by atoms with Crippen LogP contribution in [0.3, 0.4) is 0 Å². The Balaban J connectivity index is 1.74. The number of ether oxygens (including phenoxy) is 1. The molecule has 0 aromatic heterocycles. The standard InChI is InChI=1S/C18H21F2N3O3S/c19-18(20)26-17-7-2-1-4-14(17)13-22-27(24,25)16-6-3-5-15(12-16)23-10-8-21-9-11-23/h1-7,12,18,21-22H,8-11,13H2. The first-order valence-corrected chi connectivity index (χ1v) is 10.0. The first-order chi connectivity index (χ1) is 13.0. The van der Waals surface area contributed by atoms with E-state index in [1.54, 1.807) is 24.3 Å². The van der Waals surface area contributed by atoms with Crippen molar-refractivity contribution in [3.63, 3.8) is 0 Å². The Kier molecular flexibility index (Phi) is 6.25. The maximum Gasteiger partial charge on any atom is 0.387 e. The van der Waals surface area contributed by atoms with E-state index in [-0.39, 0.29) is 17.2 Å². The molecule has 0 atom stereocenters. The predicted octanol–water partition coefficient (Wildman–Crippen LogP) is 2.18. The average molecular weight is 397 g/mol. The first-order valence-electron chi connectivity index (χ1n) is 8.54. The van der Waals surface area contributed by atoms with Gasteiger partial charge in [0.2, 0.25) is 10.0 Å². The number of nitrogens with zero attached hydrogens (tertiary/aromatic N) is 1. The second kappa shape index (κ2) is 8.64. The van der Waals surface area contributed by atoms with Gasteiger partial charge in [0, 0.05) is 44.0 Å². The fraction of sp³-hybridized carbons (Fsp3) is 0.333. The van der Waals surface area contributed by atoms with Crippen LogP contribution in [-0.4, -0.2) is 41.2 Å². The van der Waals surface area contributed by atoms with Gasteiger partial charge >= 0.3 is 6.61 Å². The van der Waals surface area contributed by atoms with Gasteiger partial charge in [-0.2, -0.15) is 8.78 Å². The van der Waals surface area contributed by atoms with E-state index in [4.69, 9.17) is 0 Å². The van der Waals surface area contributed by atoms with E-state index in [0.29, 0.717) is 5.56 Å². The minimum atomic E-state index is -3.80. The Morgan fingerprint density at radius 2 is 1.85 bits per heavy atom. The van der Waals surface area contributed by atoms with Crippen LogP contribution in [-0.2, 0) is 16.6 Å². The van der Waals surface area contributed by atoms with Crippen molar-refractivity contribution < 1.29 is 21.9 Å². The number of nitrogens with one attached hydrogen (secondary N) is 2. The van der Waals surface area contributed by atoms with Crippen molar-refractivity contribution in [1.82, 2.24) is 10.0 Å². The lowest BCUT2D eigenvalue weighted by molar-refractivity contribution is -0.0504. The van der Waals surface area contributed by atoms with Crippen molar-refractivity contribution in [3.8, 4) is 5.75 Å². The van der Waals surface area contributed by atoms with Crippen LogP contribution in [0.2, 0.25) is 0 Å². The highest BCUT2D eigenvalue weighted by Gasteiger charge is 2.18. The number of para-hydroxylation sites is 1. The van der Waals surface area contributed by atoms with Crippen LogP contribution in [0.5, 0.6) is 5.75 Å². The molecular formula is C18H21F2N3O3S. The molecule has 2 N–H and O–H groups in total. The second-order valence-corrected chi connectivity index (χ2v) is 7.81. The summed E-state index contributed by atoms with van der Waals surface area (Å²) >= 11 is 0. The molecule has 0 saturated carbocycles. The first kappa shape index (κ1) is 19.5. The Morgan fingerprint density at radius 3 is 2.59 bits per heavy atom. The molecule has 1 saturated heterocycles. The fourth-order valence-electron chi connectivity index (χ4n) is 2.89. The summed E-state index contributed by atoms with van der Waals surface area (Å²) in [6, 6.07) is 12.8. The van der Waals surface area contributed by atoms with E-state index in [9.17, 15) is 17.2 Å². The third-order valence-electron chi connectivity index (χ3n) is 4.25. The summed E-state index contributed by atoms with van der Waals surface area (Å²) in [5, 5.41) is 3.25. The number of sulfonamides is 1. The van der Waals surface area contributed by atoms with E-state index in [1.165, 1.54) is 18.2 Å². The number of halogens is 2. The minimum absolute atomic E-state index is 0.0511. The maximum absolute atomic E-state index is 12.6. The summed E-state index contributed by atoms with van der Waals surface area (Å²) in [6.45, 7) is 0.165. The molecule has 9 heteroatoms. The number of piperazine rings is 1. The van der Waals surface area contributed by atoms with Crippen molar-refractivity contribution >= 4 is 15.7 Å². The number of rotatable bonds is 7. The number of hydrogen-bond donors (Lipinski definition) is 2. The monoisotopic (exact) mass is 397 g/mol. The van der Waals surface area contributed by atoms with Crippen LogP contribution in [0.25, 0.3) is 0 Å². The summed E-state index contributed by atoms with van der Waals surface area (Å²) < 4.78 is 57.2. The third-order valence-corrected chi connectivity index (χ3v) is 5.65. The number of alkyl halides is 2. The normalized spacial score (nSPS) is 15.1. The Bertz CT molecular complexity index is 872. The lowest BCUT2D eigenvalue weighted by atomic mass is 10.2. The van der Waals surface area contributed by atoms with Gasteiger partial charge in [0.15, 0.2) is 0 Å². The summed E-state index contributed by atoms with van der Waals surface area (Å²) in [7, 11) is -3.80. The number of hydrogen-bond acceptors (Lipinski definition) is 5. The highest BCUT2D eigenvalue weighted by atomic mass is 32.2. The van der Waals surface area contributed by atoms with E-state index in [1.807, 2.05) is 6.07 Å². The summed E-state index contributed by atoms with van der Waals surface area (Å²) in [6.07, 6.45) is 0. The molecule has 27 heavy (non-hydrogen) atoms. The Labute approximate surface area is 157 Å². The van der Waals surface area contributed by atoms with Gasteiger partial charge in [0.25, 0.3) is 0 Å². The number of anilines is 1. The molecule has 6 nitrogen and oxygen atoms in total. The van der Waals surface area contributed by atoms with Gasteiger partial charge in [0.1, 0.15) is 5.75 Å². The van der Waals surface area contributed by atoms with Crippen LogP contribution < -0.4 is 19.7 Å². The molecule has 146 valence electrons. The van der Waals surface area contributed by atoms with E-state index in [2.05, 4.69) is 19.7 Å². The van der Waals surface area contributed by atoms with Gasteiger partial charge in [-0.3, -0.25) is 0 Å². The van der Waals surface area contributed by atoms with Gasteiger partial charge in [-0.05, 0) is 24.3 Å². The highest BCUT2D eigenvalue weighted by Crippen LogP contribution is 2.22. The molecule has 0 amide bonds. The van der Waals surface area contributed by atoms with Crippen molar-refractivity contribution in [3.05, 3.63) is 54.1 Å². The molecule has 1 fully saturated rings. The van der Waals surface area contributed by atoms with Crippen molar-refractivity contribution in [1.29, 1.82) is 0 Å². The molecule has 0 radical (unpaired) electrons. The molecule has 1 aliphatic rings. The van der Waals surface area contributed by atoms with Gasteiger partial charge in [0.05, 0.1) is 4.90 Å². The van der Waals surface area contributed by atoms with Crippen LogP contribution >= 0.6 is 0 Å². The zero-order chi connectivity index (χ0) is 19.3. The van der Waals surface area contributed by atoms with Crippen LogP contribution in [0, 0.1) is 0 Å². The number of benzene rings is 2. The Morgan fingerprint density at radius 1 is 1.11 bits per heavy atom. The van der Waals surface area contributed by atoms with Crippen molar-refractivity contribution in [2.75, 3.05) is 31.1 Å². The lowest BCUT2D eigenvalue weighted by Crippen LogP contribution is -2.43. The molecule has 3 rings (SSSR count). The van der Waals surface area contributed by atoms with Gasteiger partial charge < -0.3 is 15.0 Å². The molecule has 1 aliphatic heterocycles. The molecular weight excluding hydrogens is 376 g/mol. The molecule has 0 aliphatic carbocycles. The molecule has 2 aromatic rings. The van der Waals surface area contributed by atoms with Gasteiger partial charge in [-0.15, -0.1) is 0 Å². The molecule has 2 aromatic carbocycles. The van der Waals surface area contributed by atoms with Crippen molar-refractivity contribution in [2.45, 2.75) is 18.1 Å². The summed E-state index contributed by atoms with van der Waals surface area (Å²) in [4.78, 5) is 2.24. The van der Waals surface area contributed by atoms with Gasteiger partial charge in [-0.25, -0.2) is 13.1 Å². The molecule has 1 heterocycles. The van der Waals surface area contributed by atoms with E-state index < -0.39 is 16.6 Å². The maximum atomic E-state index is 12.6. The molecule has 0 unspecified atom stereocenters. The zero-order valence-corrected chi connectivity index (χ0v) is 15.4. The molecule has 0 spiro atoms. The zero-order valence-electron chi connectivity index (χ0n) is 14.6. The Hall–Kier alpha value is -2.23. The van der Waals surface area contributed by atoms with Crippen LogP contribution in [0.15, 0.2) is 53.4 Å². The van der Waals surface area contributed by atoms with Crippen LogP contribution in [0.4, 0.5) is 14.5 Å². The SMILES string of the molecule is O=S(=O)(NCc1ccccc1OC(F)F)c1cccc(N2CCNCC2)c1. The summed E-state index contributed by atoms with van der Waals surface area (Å²) in [5.74, 6) is -0.0511. The average Bonchev–Trinajstić information content (AvgIpc) is 2.68. The van der Waals surface area contributed by atoms with E-state index in [0.717, 1.165) is 31.9 Å².